The number of nitrogens with one attached hydrogen (secondary N) is 1. The molecule has 3 aliphatic carbocycles. The van der Waals surface area contributed by atoms with E-state index in [1.807, 2.05) is 6.20 Å². The Balaban J connectivity index is 1.26. The van der Waals surface area contributed by atoms with Crippen molar-refractivity contribution in [2.45, 2.75) is 57.6 Å². The average Bonchev–Trinajstić information content (AvgIpc) is 3.21. The summed E-state index contributed by atoms with van der Waals surface area (Å²) in [4.78, 5) is 19.8. The van der Waals surface area contributed by atoms with Gasteiger partial charge < -0.3 is 15.0 Å². The minimum Gasteiger partial charge on any atom is -0.376 e. The minimum atomic E-state index is 0.119. The zero-order chi connectivity index (χ0) is 19.8. The maximum absolute atomic E-state index is 12.8. The van der Waals surface area contributed by atoms with Gasteiger partial charge in [-0.1, -0.05) is 12.2 Å². The van der Waals surface area contributed by atoms with Gasteiger partial charge in [0.25, 0.3) is 0 Å². The highest BCUT2D eigenvalue weighted by Gasteiger charge is 2.44. The zero-order valence-electron chi connectivity index (χ0n) is 17.4. The summed E-state index contributed by atoms with van der Waals surface area (Å²) in [6.45, 7) is 5.08. The molecule has 5 heteroatoms. The van der Waals surface area contributed by atoms with E-state index in [2.05, 4.69) is 46.4 Å². The fourth-order valence-corrected chi connectivity index (χ4v) is 5.31. The lowest BCUT2D eigenvalue weighted by Crippen LogP contribution is -2.51. The largest absolute Gasteiger partial charge is 0.376 e. The van der Waals surface area contributed by atoms with Gasteiger partial charge in [0.05, 0.1) is 12.1 Å². The molecule has 1 amide bonds. The summed E-state index contributed by atoms with van der Waals surface area (Å²) in [7, 11) is 0. The first-order valence-electron chi connectivity index (χ1n) is 11.4. The van der Waals surface area contributed by atoms with Gasteiger partial charge in [-0.3, -0.25) is 4.79 Å². The summed E-state index contributed by atoms with van der Waals surface area (Å²) in [5.74, 6) is 3.40. The number of allylic oxidation sites excluding steroid dienone is 2. The first-order valence-corrected chi connectivity index (χ1v) is 11.4. The number of carbonyl (C=O) groups is 1. The molecular formula is C24H33N3O2. The molecule has 0 aromatic carbocycles. The highest BCUT2D eigenvalue weighted by atomic mass is 16.5. The molecule has 156 valence electrons. The molecule has 4 aliphatic rings. The fourth-order valence-electron chi connectivity index (χ4n) is 5.31. The first kappa shape index (κ1) is 19.1. The van der Waals surface area contributed by atoms with E-state index in [-0.39, 0.29) is 24.0 Å². The lowest BCUT2D eigenvalue weighted by atomic mass is 9.77. The van der Waals surface area contributed by atoms with E-state index in [9.17, 15) is 4.79 Å². The molecule has 1 aromatic rings. The number of hydrogen-bond donors (Lipinski definition) is 1. The zero-order valence-corrected chi connectivity index (χ0v) is 17.4. The van der Waals surface area contributed by atoms with Crippen LogP contribution in [0.5, 0.6) is 0 Å². The van der Waals surface area contributed by atoms with Crippen molar-refractivity contribution in [2.75, 3.05) is 24.6 Å². The molecule has 3 fully saturated rings. The predicted molar refractivity (Wildman–Crippen MR) is 114 cm³/mol. The average molecular weight is 396 g/mol. The van der Waals surface area contributed by atoms with Crippen LogP contribution in [-0.4, -0.2) is 42.7 Å². The Bertz CT molecular complexity index is 767. The van der Waals surface area contributed by atoms with Crippen LogP contribution in [0, 0.1) is 30.6 Å². The van der Waals surface area contributed by atoms with Crippen LogP contribution in [0.25, 0.3) is 0 Å². The minimum absolute atomic E-state index is 0.119. The second-order valence-corrected chi connectivity index (χ2v) is 9.66. The van der Waals surface area contributed by atoms with Gasteiger partial charge in [0.2, 0.25) is 5.91 Å². The summed E-state index contributed by atoms with van der Waals surface area (Å²) in [5, 5.41) is 3.39. The first-order chi connectivity index (χ1) is 14.2. The molecule has 1 aromatic heterocycles. The molecule has 1 saturated heterocycles. The maximum Gasteiger partial charge on any atom is 0.224 e. The van der Waals surface area contributed by atoms with Crippen LogP contribution in [0.2, 0.25) is 0 Å². The molecule has 5 nitrogen and oxygen atoms in total. The molecule has 2 heterocycles. The van der Waals surface area contributed by atoms with E-state index < -0.39 is 0 Å². The van der Waals surface area contributed by atoms with E-state index >= 15 is 0 Å². The van der Waals surface area contributed by atoms with E-state index in [0.29, 0.717) is 11.8 Å². The Hall–Kier alpha value is -1.88. The van der Waals surface area contributed by atoms with Crippen molar-refractivity contribution in [3.8, 4) is 0 Å². The summed E-state index contributed by atoms with van der Waals surface area (Å²) in [5.41, 5.74) is 1.26. The number of hydrogen-bond acceptors (Lipinski definition) is 4. The number of fused-ring (bicyclic) bond motifs is 1. The number of rotatable bonds is 6. The lowest BCUT2D eigenvalue weighted by molar-refractivity contribution is -0.127. The van der Waals surface area contributed by atoms with Crippen LogP contribution in [0.4, 0.5) is 5.82 Å². The number of anilines is 1. The van der Waals surface area contributed by atoms with Crippen molar-refractivity contribution < 1.29 is 9.53 Å². The molecule has 5 rings (SSSR count). The van der Waals surface area contributed by atoms with Crippen molar-refractivity contribution in [3.63, 3.8) is 0 Å². The van der Waals surface area contributed by atoms with Gasteiger partial charge in [-0.15, -0.1) is 0 Å². The highest BCUT2D eigenvalue weighted by molar-refractivity contribution is 5.79. The molecule has 4 atom stereocenters. The highest BCUT2D eigenvalue weighted by Crippen LogP contribution is 2.40. The number of aryl methyl sites for hydroxylation is 1. The van der Waals surface area contributed by atoms with Gasteiger partial charge in [0.1, 0.15) is 5.82 Å². The van der Waals surface area contributed by atoms with Gasteiger partial charge in [-0.25, -0.2) is 4.98 Å². The summed E-state index contributed by atoms with van der Waals surface area (Å²) in [6.07, 6.45) is 12.8. The maximum atomic E-state index is 12.8. The van der Waals surface area contributed by atoms with Crippen molar-refractivity contribution in [1.82, 2.24) is 10.3 Å². The molecule has 2 saturated carbocycles. The molecule has 0 radical (unpaired) electrons. The van der Waals surface area contributed by atoms with Gasteiger partial charge in [0, 0.05) is 31.8 Å². The van der Waals surface area contributed by atoms with Crippen LogP contribution in [0.3, 0.4) is 0 Å². The number of ether oxygens (including phenoxy) is 1. The normalized spacial score (nSPS) is 31.8. The van der Waals surface area contributed by atoms with Crippen molar-refractivity contribution in [3.05, 3.63) is 36.0 Å². The van der Waals surface area contributed by atoms with Crippen molar-refractivity contribution >= 4 is 11.7 Å². The quantitative estimate of drug-likeness (QED) is 0.750. The molecule has 1 N–H and O–H groups in total. The fraction of sp³-hybridized carbons (Fsp3) is 0.667. The van der Waals surface area contributed by atoms with Crippen LogP contribution in [0.1, 0.15) is 44.1 Å². The SMILES string of the molecule is Cc1ccnc(N2C[C@H]3C[C@H](OCC4CC4)[C@@H](NC(=O)C4CC=CC4)C[C@H]3C2)c1. The van der Waals surface area contributed by atoms with Gasteiger partial charge in [0.15, 0.2) is 0 Å². The Kier molecular flexibility index (Phi) is 5.33. The Morgan fingerprint density at radius 1 is 1.21 bits per heavy atom. The molecule has 29 heavy (non-hydrogen) atoms. The van der Waals surface area contributed by atoms with E-state index in [1.165, 1.54) is 18.4 Å². The smallest absolute Gasteiger partial charge is 0.224 e. The molecule has 0 spiro atoms. The van der Waals surface area contributed by atoms with Crippen molar-refractivity contribution in [1.29, 1.82) is 0 Å². The molecular weight excluding hydrogens is 362 g/mol. The van der Waals surface area contributed by atoms with Crippen LogP contribution < -0.4 is 10.2 Å². The summed E-state index contributed by atoms with van der Waals surface area (Å²) < 4.78 is 6.39. The summed E-state index contributed by atoms with van der Waals surface area (Å²) >= 11 is 0. The summed E-state index contributed by atoms with van der Waals surface area (Å²) in [6, 6.07) is 4.39. The monoisotopic (exact) mass is 395 g/mol. The predicted octanol–water partition coefficient (Wildman–Crippen LogP) is 3.48. The Morgan fingerprint density at radius 2 is 1.97 bits per heavy atom. The lowest BCUT2D eigenvalue weighted by Gasteiger charge is -2.38. The van der Waals surface area contributed by atoms with E-state index in [0.717, 1.165) is 57.1 Å². The van der Waals surface area contributed by atoms with Crippen LogP contribution in [-0.2, 0) is 9.53 Å². The van der Waals surface area contributed by atoms with Crippen LogP contribution >= 0.6 is 0 Å². The standard InChI is InChI=1S/C24H33N3O2/c1-16-8-9-25-23(10-16)27-13-19-11-21(26-24(28)18-4-2-3-5-18)22(12-20(19)14-27)29-15-17-6-7-17/h2-3,8-10,17-22H,4-7,11-15H2,1H3,(H,26,28)/t19-,20+,21-,22-/m0/s1. The molecule has 0 unspecified atom stereocenters. The van der Waals surface area contributed by atoms with Gasteiger partial charge in [-0.2, -0.15) is 0 Å². The third kappa shape index (κ3) is 4.35. The number of amides is 1. The Labute approximate surface area is 173 Å². The number of aromatic nitrogens is 1. The van der Waals surface area contributed by atoms with Crippen LogP contribution in [0.15, 0.2) is 30.5 Å². The van der Waals surface area contributed by atoms with E-state index in [1.54, 1.807) is 0 Å². The third-order valence-electron chi connectivity index (χ3n) is 7.29. The number of carbonyl (C=O) groups excluding carboxylic acids is 1. The second kappa shape index (κ2) is 8.10. The van der Waals surface area contributed by atoms with E-state index in [4.69, 9.17) is 4.74 Å². The number of pyridine rings is 1. The van der Waals surface area contributed by atoms with Gasteiger partial charge in [-0.05, 0) is 80.9 Å². The second-order valence-electron chi connectivity index (χ2n) is 9.66. The number of nitrogens with zero attached hydrogens (tertiary/aromatic N) is 2. The van der Waals surface area contributed by atoms with Gasteiger partial charge >= 0.3 is 0 Å². The molecule has 1 aliphatic heterocycles. The van der Waals surface area contributed by atoms with Crippen molar-refractivity contribution in [2.24, 2.45) is 23.7 Å². The topological polar surface area (TPSA) is 54.5 Å². The molecule has 0 bridgehead atoms. The Morgan fingerprint density at radius 3 is 2.69 bits per heavy atom. The third-order valence-corrected chi connectivity index (χ3v) is 7.29.